The van der Waals surface area contributed by atoms with Gasteiger partial charge in [-0.05, 0) is 48.1 Å². The van der Waals surface area contributed by atoms with Crippen LogP contribution in [0.1, 0.15) is 54.1 Å². The van der Waals surface area contributed by atoms with E-state index < -0.39 is 6.04 Å². The van der Waals surface area contributed by atoms with Crippen LogP contribution >= 0.6 is 11.3 Å². The van der Waals surface area contributed by atoms with Crippen molar-refractivity contribution in [3.8, 4) is 11.5 Å². The Morgan fingerprint density at radius 3 is 2.43 bits per heavy atom. The minimum Gasteiger partial charge on any atom is -0.493 e. The van der Waals surface area contributed by atoms with E-state index in [1.807, 2.05) is 17.5 Å². The van der Waals surface area contributed by atoms with Gasteiger partial charge in [0.2, 0.25) is 11.8 Å². The van der Waals surface area contributed by atoms with Crippen molar-refractivity contribution >= 4 is 23.2 Å². The highest BCUT2D eigenvalue weighted by Gasteiger charge is 2.35. The Bertz CT molecular complexity index is 1180. The summed E-state index contributed by atoms with van der Waals surface area (Å²) in [4.78, 5) is 30.3. The molecule has 1 aliphatic rings. The molecule has 2 amide bonds. The highest BCUT2D eigenvalue weighted by Crippen LogP contribution is 2.38. The second-order valence-electron chi connectivity index (χ2n) is 9.23. The lowest BCUT2D eigenvalue weighted by atomic mass is 9.94. The summed E-state index contributed by atoms with van der Waals surface area (Å²) in [5.41, 5.74) is 1.26. The molecule has 2 aromatic carbocycles. The maximum absolute atomic E-state index is 14.0. The number of methoxy groups -OCH3 is 2. The van der Waals surface area contributed by atoms with Crippen LogP contribution in [0, 0.1) is 5.82 Å². The fourth-order valence-electron chi connectivity index (χ4n) is 4.88. The van der Waals surface area contributed by atoms with Crippen LogP contribution in [0.3, 0.4) is 0 Å². The number of para-hydroxylation sites is 1. The molecule has 0 saturated heterocycles. The van der Waals surface area contributed by atoms with Gasteiger partial charge in [0.05, 0.1) is 20.6 Å². The van der Waals surface area contributed by atoms with E-state index in [0.29, 0.717) is 17.1 Å². The lowest BCUT2D eigenvalue weighted by Gasteiger charge is -2.34. The van der Waals surface area contributed by atoms with Crippen molar-refractivity contribution < 1.29 is 23.5 Å². The number of carbonyl (C=O) groups excluding carboxylic acids is 2. The third-order valence-corrected chi connectivity index (χ3v) is 7.61. The van der Waals surface area contributed by atoms with Crippen molar-refractivity contribution in [3.63, 3.8) is 0 Å². The first-order valence-corrected chi connectivity index (χ1v) is 13.5. The van der Waals surface area contributed by atoms with E-state index in [1.54, 1.807) is 35.2 Å². The molecule has 1 aromatic heterocycles. The normalized spacial score (nSPS) is 14.6. The number of amides is 2. The van der Waals surface area contributed by atoms with Crippen LogP contribution < -0.4 is 14.8 Å². The number of hydrogen-bond acceptors (Lipinski definition) is 5. The minimum absolute atomic E-state index is 0.0559. The van der Waals surface area contributed by atoms with E-state index in [-0.39, 0.29) is 36.6 Å². The van der Waals surface area contributed by atoms with Gasteiger partial charge in [0.25, 0.3) is 0 Å². The zero-order valence-corrected chi connectivity index (χ0v) is 22.1. The van der Waals surface area contributed by atoms with E-state index >= 15 is 0 Å². The van der Waals surface area contributed by atoms with Gasteiger partial charge in [0.1, 0.15) is 11.9 Å². The third kappa shape index (κ3) is 6.68. The van der Waals surface area contributed by atoms with Gasteiger partial charge in [0.15, 0.2) is 11.5 Å². The molecule has 1 atom stereocenters. The summed E-state index contributed by atoms with van der Waals surface area (Å²) < 4.78 is 24.9. The number of nitrogens with zero attached hydrogens (tertiary/aromatic N) is 1. The molecular weight excluding hydrogens is 491 g/mol. The molecule has 0 radical (unpaired) electrons. The van der Waals surface area contributed by atoms with Crippen molar-refractivity contribution in [2.45, 2.75) is 57.2 Å². The van der Waals surface area contributed by atoms with E-state index in [1.165, 1.54) is 37.7 Å². The van der Waals surface area contributed by atoms with E-state index in [2.05, 4.69) is 5.32 Å². The van der Waals surface area contributed by atoms with Crippen LogP contribution in [0.25, 0.3) is 0 Å². The molecule has 3 aromatic rings. The highest BCUT2D eigenvalue weighted by molar-refractivity contribution is 7.10. The molecular formula is C29H33FN2O4S. The zero-order chi connectivity index (χ0) is 26.2. The first-order chi connectivity index (χ1) is 18.0. The average Bonchev–Trinajstić information content (AvgIpc) is 3.42. The number of halogens is 1. The predicted octanol–water partition coefficient (Wildman–Crippen LogP) is 5.67. The predicted molar refractivity (Wildman–Crippen MR) is 142 cm³/mol. The van der Waals surface area contributed by atoms with Crippen LogP contribution in [-0.4, -0.2) is 37.0 Å². The standard InChI is InChI=1S/C29H33FN2O4S/c1-35-25-12-6-11-24(28(25)36-2)27(29(34)31-22-8-4-3-5-9-22)32(19-20-13-15-21(30)16-14-20)26(33)18-23-10-7-17-37-23/h6-7,10-17,22,27H,3-5,8-9,18-19H2,1-2H3,(H,31,34)/t27-/m0/s1. The molecule has 0 spiro atoms. The molecule has 0 bridgehead atoms. The monoisotopic (exact) mass is 524 g/mol. The molecule has 1 fully saturated rings. The van der Waals surface area contributed by atoms with Crippen molar-refractivity contribution in [1.82, 2.24) is 10.2 Å². The Hall–Kier alpha value is -3.39. The molecule has 1 aliphatic carbocycles. The van der Waals surface area contributed by atoms with Gasteiger partial charge in [-0.1, -0.05) is 49.6 Å². The fourth-order valence-corrected chi connectivity index (χ4v) is 5.57. The van der Waals surface area contributed by atoms with Gasteiger partial charge in [-0.2, -0.15) is 0 Å². The Morgan fingerprint density at radius 1 is 1.03 bits per heavy atom. The summed E-state index contributed by atoms with van der Waals surface area (Å²) in [6.07, 6.45) is 5.26. The van der Waals surface area contributed by atoms with Crippen molar-refractivity contribution in [2.24, 2.45) is 0 Å². The second-order valence-corrected chi connectivity index (χ2v) is 10.3. The molecule has 37 heavy (non-hydrogen) atoms. The number of ether oxygens (including phenoxy) is 2. The van der Waals surface area contributed by atoms with Gasteiger partial charge >= 0.3 is 0 Å². The summed E-state index contributed by atoms with van der Waals surface area (Å²) >= 11 is 1.49. The van der Waals surface area contributed by atoms with Gasteiger partial charge in [-0.15, -0.1) is 11.3 Å². The first-order valence-electron chi connectivity index (χ1n) is 12.6. The molecule has 0 aliphatic heterocycles. The Balaban J connectivity index is 1.77. The van der Waals surface area contributed by atoms with Crippen molar-refractivity contribution in [3.05, 3.63) is 81.8 Å². The van der Waals surface area contributed by atoms with Crippen molar-refractivity contribution in [2.75, 3.05) is 14.2 Å². The average molecular weight is 525 g/mol. The second kappa shape index (κ2) is 12.7. The smallest absolute Gasteiger partial charge is 0.247 e. The summed E-state index contributed by atoms with van der Waals surface area (Å²) in [6, 6.07) is 14.2. The van der Waals surface area contributed by atoms with E-state index in [0.717, 1.165) is 42.5 Å². The molecule has 1 heterocycles. The molecule has 1 saturated carbocycles. The third-order valence-electron chi connectivity index (χ3n) is 6.73. The maximum Gasteiger partial charge on any atom is 0.247 e. The number of nitrogens with one attached hydrogen (secondary N) is 1. The van der Waals surface area contributed by atoms with Gasteiger partial charge in [-0.25, -0.2) is 4.39 Å². The first kappa shape index (κ1) is 26.7. The molecule has 4 rings (SSSR count). The fraction of sp³-hybridized carbons (Fsp3) is 0.379. The number of hydrogen-bond donors (Lipinski definition) is 1. The lowest BCUT2D eigenvalue weighted by molar-refractivity contribution is -0.141. The van der Waals surface area contributed by atoms with Gasteiger partial charge in [-0.3, -0.25) is 9.59 Å². The Morgan fingerprint density at radius 2 is 1.78 bits per heavy atom. The Labute approximate surface area is 221 Å². The summed E-state index contributed by atoms with van der Waals surface area (Å²) in [6.45, 7) is 0.133. The molecule has 1 N–H and O–H groups in total. The van der Waals surface area contributed by atoms with Gasteiger partial charge in [0, 0.05) is 23.0 Å². The number of benzene rings is 2. The summed E-state index contributed by atoms with van der Waals surface area (Å²) in [7, 11) is 3.06. The number of thiophene rings is 1. The largest absolute Gasteiger partial charge is 0.493 e. The van der Waals surface area contributed by atoms with Crippen LogP contribution in [0.15, 0.2) is 60.0 Å². The summed E-state index contributed by atoms with van der Waals surface area (Å²) in [5, 5.41) is 5.13. The molecule has 6 nitrogen and oxygen atoms in total. The molecule has 0 unspecified atom stereocenters. The minimum atomic E-state index is -0.968. The highest BCUT2D eigenvalue weighted by atomic mass is 32.1. The molecule has 196 valence electrons. The van der Waals surface area contributed by atoms with Crippen LogP contribution in [0.2, 0.25) is 0 Å². The van der Waals surface area contributed by atoms with Crippen LogP contribution in [0.5, 0.6) is 11.5 Å². The summed E-state index contributed by atoms with van der Waals surface area (Å²) in [5.74, 6) is 0.0477. The zero-order valence-electron chi connectivity index (χ0n) is 21.2. The van der Waals surface area contributed by atoms with Crippen molar-refractivity contribution in [1.29, 1.82) is 0 Å². The van der Waals surface area contributed by atoms with Crippen LogP contribution in [0.4, 0.5) is 4.39 Å². The lowest BCUT2D eigenvalue weighted by Crippen LogP contribution is -2.47. The molecule has 8 heteroatoms. The Kier molecular flexibility index (Phi) is 9.17. The quantitative estimate of drug-likeness (QED) is 0.371. The van der Waals surface area contributed by atoms with Crippen LogP contribution in [-0.2, 0) is 22.6 Å². The van der Waals surface area contributed by atoms with E-state index in [4.69, 9.17) is 9.47 Å². The topological polar surface area (TPSA) is 67.9 Å². The maximum atomic E-state index is 14.0. The number of carbonyl (C=O) groups is 2. The number of rotatable bonds is 10. The van der Waals surface area contributed by atoms with Gasteiger partial charge < -0.3 is 19.7 Å². The van der Waals surface area contributed by atoms with E-state index in [9.17, 15) is 14.0 Å². The SMILES string of the molecule is COc1cccc([C@@H](C(=O)NC2CCCCC2)N(Cc2ccc(F)cc2)C(=O)Cc2cccs2)c1OC.